The summed E-state index contributed by atoms with van der Waals surface area (Å²) in [4.78, 5) is 38.0. The number of hydrogen-bond donors (Lipinski definition) is 1. The molecule has 0 spiro atoms. The normalized spacial score (nSPS) is 50.2. The van der Waals surface area contributed by atoms with Crippen LogP contribution in [0, 0.1) is 34.5 Å². The van der Waals surface area contributed by atoms with Crippen molar-refractivity contribution in [1.29, 1.82) is 0 Å². The molecular formula is C25H36BrFO5. The van der Waals surface area contributed by atoms with Gasteiger partial charge in [0.2, 0.25) is 0 Å². The fourth-order valence-electron chi connectivity index (χ4n) is 8.59. The maximum atomic E-state index is 17.3. The summed E-state index contributed by atoms with van der Waals surface area (Å²) in [5.74, 6) is -1.42. The number of halogens is 2. The molecule has 0 heterocycles. The Morgan fingerprint density at radius 2 is 1.91 bits per heavy atom. The molecule has 4 aliphatic rings. The number of esters is 1. The number of rotatable bonds is 4. The van der Waals surface area contributed by atoms with Gasteiger partial charge in [-0.2, -0.15) is 0 Å². The highest BCUT2D eigenvalue weighted by Gasteiger charge is 2.77. The lowest BCUT2D eigenvalue weighted by Gasteiger charge is -2.65. The minimum atomic E-state index is -1.82. The van der Waals surface area contributed by atoms with Crippen LogP contribution in [0.2, 0.25) is 0 Å². The molecule has 180 valence electrons. The van der Waals surface area contributed by atoms with Crippen molar-refractivity contribution in [3.05, 3.63) is 0 Å². The molecule has 4 rings (SSSR count). The van der Waals surface area contributed by atoms with Crippen molar-refractivity contribution in [2.45, 2.75) is 96.4 Å². The fraction of sp³-hybridized carbons (Fsp3) is 0.880. The van der Waals surface area contributed by atoms with Gasteiger partial charge >= 0.3 is 5.97 Å². The van der Waals surface area contributed by atoms with Crippen LogP contribution >= 0.6 is 15.9 Å². The van der Waals surface area contributed by atoms with E-state index in [1.807, 2.05) is 20.8 Å². The first-order valence-corrected chi connectivity index (χ1v) is 13.2. The van der Waals surface area contributed by atoms with Gasteiger partial charge in [0, 0.05) is 36.0 Å². The second-order valence-corrected chi connectivity index (χ2v) is 11.9. The zero-order chi connectivity index (χ0) is 23.7. The predicted octanol–water partition coefficient (Wildman–Crippen LogP) is 4.56. The number of aliphatic hydroxyl groups is 1. The van der Waals surface area contributed by atoms with Crippen molar-refractivity contribution < 1.29 is 28.6 Å². The third-order valence-electron chi connectivity index (χ3n) is 10.2. The van der Waals surface area contributed by atoms with Crippen molar-refractivity contribution in [3.63, 3.8) is 0 Å². The molecule has 0 unspecified atom stereocenters. The molecule has 0 aromatic rings. The number of Topliss-reactive ketones (excluding diaryl/α,β-unsaturated/α-hetero) is 2. The maximum absolute atomic E-state index is 17.3. The summed E-state index contributed by atoms with van der Waals surface area (Å²) < 4.78 is 23.3. The van der Waals surface area contributed by atoms with Crippen molar-refractivity contribution in [3.8, 4) is 0 Å². The SMILES string of the molecule is CCC(=O)O[C@@]1(C(=O)CBr)[C@@H](C)C[C@H]2[C@@H]3CC[C@@H]4CC(=O)CC[C@]4(C)[C@@]3(F)[C@@H](O)C[C@@]21C. The van der Waals surface area contributed by atoms with Crippen LogP contribution in [0.3, 0.4) is 0 Å². The number of ether oxygens (including phenoxy) is 1. The molecule has 5 nitrogen and oxygen atoms in total. The number of carbonyl (C=O) groups excluding carboxylic acids is 3. The van der Waals surface area contributed by atoms with Gasteiger partial charge in [0.15, 0.2) is 11.4 Å². The standard InChI is InChI=1S/C25H36BrFO5/c1-5-21(31)32-25(20(30)13-26)14(2)10-18-17-7-6-15-11-16(28)8-9-22(15,3)24(17,27)19(29)12-23(18,25)4/h14-15,17-19,29H,5-13H2,1-4H3/t14-,15+,17-,18-,19-,22-,23-,24-,25+/m0/s1. The van der Waals surface area contributed by atoms with E-state index >= 15 is 4.39 Å². The molecule has 4 fully saturated rings. The maximum Gasteiger partial charge on any atom is 0.306 e. The van der Waals surface area contributed by atoms with E-state index in [4.69, 9.17) is 4.74 Å². The number of hydrogen-bond acceptors (Lipinski definition) is 5. The second kappa shape index (κ2) is 7.86. The van der Waals surface area contributed by atoms with Gasteiger partial charge in [-0.05, 0) is 49.9 Å². The number of carbonyl (C=O) groups is 3. The molecule has 7 heteroatoms. The second-order valence-electron chi connectivity index (χ2n) is 11.3. The van der Waals surface area contributed by atoms with E-state index in [-0.39, 0.29) is 47.5 Å². The van der Waals surface area contributed by atoms with E-state index in [0.29, 0.717) is 32.1 Å². The van der Waals surface area contributed by atoms with Gasteiger partial charge in [0.1, 0.15) is 11.5 Å². The largest absolute Gasteiger partial charge is 0.450 e. The highest BCUT2D eigenvalue weighted by atomic mass is 79.9. The monoisotopic (exact) mass is 514 g/mol. The first-order valence-electron chi connectivity index (χ1n) is 12.1. The molecule has 4 saturated carbocycles. The van der Waals surface area contributed by atoms with Crippen LogP contribution in [0.5, 0.6) is 0 Å². The molecule has 0 bridgehead atoms. The topological polar surface area (TPSA) is 80.7 Å². The Labute approximate surface area is 198 Å². The minimum Gasteiger partial charge on any atom is -0.450 e. The molecular weight excluding hydrogens is 479 g/mol. The van der Waals surface area contributed by atoms with Crippen molar-refractivity contribution in [1.82, 2.24) is 0 Å². The summed E-state index contributed by atoms with van der Waals surface area (Å²) >= 11 is 3.29. The van der Waals surface area contributed by atoms with Crippen LogP contribution in [0.1, 0.15) is 79.1 Å². The Bertz CT molecular complexity index is 833. The van der Waals surface area contributed by atoms with Crippen LogP contribution in [0.25, 0.3) is 0 Å². The molecule has 0 aromatic heterocycles. The Hall–Kier alpha value is -0.820. The van der Waals surface area contributed by atoms with Crippen LogP contribution in [-0.4, -0.2) is 45.3 Å². The summed E-state index contributed by atoms with van der Waals surface area (Å²) in [6.07, 6.45) is 2.05. The Morgan fingerprint density at radius 3 is 2.53 bits per heavy atom. The molecule has 0 amide bonds. The molecule has 0 radical (unpaired) electrons. The molecule has 0 saturated heterocycles. The van der Waals surface area contributed by atoms with E-state index < -0.39 is 40.1 Å². The first kappa shape index (κ1) is 24.3. The molecule has 1 N–H and O–H groups in total. The van der Waals surface area contributed by atoms with Gasteiger partial charge in [-0.15, -0.1) is 0 Å². The van der Waals surface area contributed by atoms with Crippen molar-refractivity contribution in [2.75, 3.05) is 5.33 Å². The number of ketones is 2. The summed E-state index contributed by atoms with van der Waals surface area (Å²) in [6.45, 7) is 7.47. The summed E-state index contributed by atoms with van der Waals surface area (Å²) in [5, 5.41) is 11.5. The fourth-order valence-corrected chi connectivity index (χ4v) is 9.01. The number of fused-ring (bicyclic) bond motifs is 5. The average Bonchev–Trinajstić information content (AvgIpc) is 2.96. The van der Waals surface area contributed by atoms with Crippen LogP contribution < -0.4 is 0 Å². The third kappa shape index (κ3) is 2.85. The Morgan fingerprint density at radius 1 is 1.22 bits per heavy atom. The first-order chi connectivity index (χ1) is 14.9. The summed E-state index contributed by atoms with van der Waals surface area (Å²) in [7, 11) is 0. The quantitative estimate of drug-likeness (QED) is 0.439. The van der Waals surface area contributed by atoms with E-state index in [1.165, 1.54) is 0 Å². The Kier molecular flexibility index (Phi) is 5.97. The number of alkyl halides is 2. The van der Waals surface area contributed by atoms with Gasteiger partial charge in [-0.25, -0.2) is 4.39 Å². The van der Waals surface area contributed by atoms with Crippen LogP contribution in [0.4, 0.5) is 4.39 Å². The van der Waals surface area contributed by atoms with Crippen molar-refractivity contribution in [2.24, 2.45) is 34.5 Å². The van der Waals surface area contributed by atoms with E-state index in [9.17, 15) is 19.5 Å². The molecule has 9 atom stereocenters. The lowest BCUT2D eigenvalue weighted by atomic mass is 9.42. The van der Waals surface area contributed by atoms with E-state index in [1.54, 1.807) is 6.92 Å². The van der Waals surface area contributed by atoms with E-state index in [2.05, 4.69) is 15.9 Å². The zero-order valence-electron chi connectivity index (χ0n) is 19.6. The van der Waals surface area contributed by atoms with Gasteiger partial charge in [-0.1, -0.05) is 43.6 Å². The van der Waals surface area contributed by atoms with Gasteiger partial charge in [0.05, 0.1) is 11.4 Å². The predicted molar refractivity (Wildman–Crippen MR) is 121 cm³/mol. The van der Waals surface area contributed by atoms with Gasteiger partial charge in [-0.3, -0.25) is 14.4 Å². The summed E-state index contributed by atoms with van der Waals surface area (Å²) in [5.41, 5.74) is -4.81. The van der Waals surface area contributed by atoms with Crippen molar-refractivity contribution >= 4 is 33.5 Å². The lowest BCUT2D eigenvalue weighted by Crippen LogP contribution is -2.71. The highest BCUT2D eigenvalue weighted by molar-refractivity contribution is 9.09. The van der Waals surface area contributed by atoms with Crippen LogP contribution in [-0.2, 0) is 19.1 Å². The Balaban J connectivity index is 1.81. The smallest absolute Gasteiger partial charge is 0.306 e. The van der Waals surface area contributed by atoms with E-state index in [0.717, 1.165) is 6.42 Å². The average molecular weight is 515 g/mol. The molecule has 32 heavy (non-hydrogen) atoms. The molecule has 4 aliphatic carbocycles. The number of aliphatic hydroxyl groups excluding tert-OH is 1. The van der Waals surface area contributed by atoms with Crippen LogP contribution in [0.15, 0.2) is 0 Å². The summed E-state index contributed by atoms with van der Waals surface area (Å²) in [6, 6.07) is 0. The molecule has 0 aromatic carbocycles. The van der Waals surface area contributed by atoms with Gasteiger partial charge < -0.3 is 9.84 Å². The van der Waals surface area contributed by atoms with Gasteiger partial charge in [0.25, 0.3) is 0 Å². The minimum absolute atomic E-state index is 0.0417. The third-order valence-corrected chi connectivity index (χ3v) is 10.7. The molecule has 0 aliphatic heterocycles. The zero-order valence-corrected chi connectivity index (χ0v) is 21.2. The lowest BCUT2D eigenvalue weighted by molar-refractivity contribution is -0.257. The highest BCUT2D eigenvalue weighted by Crippen LogP contribution is 2.72.